The van der Waals surface area contributed by atoms with Crippen LogP contribution in [0.3, 0.4) is 0 Å². The highest BCUT2D eigenvalue weighted by atomic mass is 16.8. The molecule has 16 heavy (non-hydrogen) atoms. The van der Waals surface area contributed by atoms with Crippen LogP contribution >= 0.6 is 0 Å². The highest BCUT2D eigenvalue weighted by Gasteiger charge is 2.50. The summed E-state index contributed by atoms with van der Waals surface area (Å²) in [7, 11) is 0. The first-order valence-electron chi connectivity index (χ1n) is 5.86. The lowest BCUT2D eigenvalue weighted by molar-refractivity contribution is -0.167. The molecule has 0 bridgehead atoms. The molecule has 1 spiro atoms. The van der Waals surface area contributed by atoms with Crippen molar-refractivity contribution in [1.82, 2.24) is 0 Å². The maximum atomic E-state index is 12.0. The Balaban J connectivity index is 2.35. The largest absolute Gasteiger partial charge is 0.341 e. The van der Waals surface area contributed by atoms with E-state index in [0.717, 1.165) is 5.57 Å². The molecule has 90 valence electrons. The first kappa shape index (κ1) is 11.8. The van der Waals surface area contributed by atoms with Gasteiger partial charge in [-0.1, -0.05) is 13.8 Å². The fourth-order valence-corrected chi connectivity index (χ4v) is 2.68. The predicted octanol–water partition coefficient (Wildman–Crippen LogP) is 2.45. The van der Waals surface area contributed by atoms with Gasteiger partial charge >= 0.3 is 0 Å². The summed E-state index contributed by atoms with van der Waals surface area (Å²) in [6.45, 7) is 9.76. The minimum atomic E-state index is -0.680. The third kappa shape index (κ3) is 1.72. The van der Waals surface area contributed by atoms with Crippen LogP contribution in [-0.2, 0) is 14.3 Å². The maximum Gasteiger partial charge on any atom is 0.190 e. The molecular formula is C13H20O3. The van der Waals surface area contributed by atoms with Gasteiger partial charge in [0.05, 0.1) is 12.2 Å². The first-order chi connectivity index (χ1) is 7.26. The Morgan fingerprint density at radius 2 is 1.75 bits per heavy atom. The van der Waals surface area contributed by atoms with E-state index in [1.54, 1.807) is 0 Å². The summed E-state index contributed by atoms with van der Waals surface area (Å²) in [6.07, 6.45) is 2.60. The van der Waals surface area contributed by atoms with Gasteiger partial charge in [0.1, 0.15) is 0 Å². The molecule has 0 amide bonds. The fraction of sp³-hybridized carbons (Fsp3) is 0.769. The fourth-order valence-electron chi connectivity index (χ4n) is 2.68. The summed E-state index contributed by atoms with van der Waals surface area (Å²) in [6, 6.07) is 0. The second kappa shape index (κ2) is 3.41. The highest BCUT2D eigenvalue weighted by Crippen LogP contribution is 2.44. The average Bonchev–Trinajstić information content (AvgIpc) is 2.37. The van der Waals surface area contributed by atoms with Gasteiger partial charge < -0.3 is 9.47 Å². The molecule has 1 aliphatic heterocycles. The lowest BCUT2D eigenvalue weighted by Crippen LogP contribution is -2.43. The number of hydrogen-bond donors (Lipinski definition) is 0. The molecule has 0 aromatic heterocycles. The van der Waals surface area contributed by atoms with Crippen molar-refractivity contribution in [3.05, 3.63) is 11.6 Å². The third-order valence-corrected chi connectivity index (χ3v) is 3.53. The maximum absolute atomic E-state index is 12.0. The zero-order valence-electron chi connectivity index (χ0n) is 10.7. The molecule has 1 saturated heterocycles. The second-order valence-corrected chi connectivity index (χ2v) is 5.67. The van der Waals surface area contributed by atoms with Crippen molar-refractivity contribution >= 4 is 5.78 Å². The van der Waals surface area contributed by atoms with E-state index in [2.05, 4.69) is 0 Å². The van der Waals surface area contributed by atoms with E-state index in [9.17, 15) is 4.79 Å². The smallest absolute Gasteiger partial charge is 0.190 e. The van der Waals surface area contributed by atoms with Crippen molar-refractivity contribution in [2.75, 3.05) is 0 Å². The van der Waals surface area contributed by atoms with E-state index in [4.69, 9.17) is 9.47 Å². The van der Waals surface area contributed by atoms with Crippen molar-refractivity contribution in [3.8, 4) is 0 Å². The number of rotatable bonds is 0. The summed E-state index contributed by atoms with van der Waals surface area (Å²) in [4.78, 5) is 12.0. The predicted molar refractivity (Wildman–Crippen MR) is 61.0 cm³/mol. The molecule has 2 aliphatic rings. The van der Waals surface area contributed by atoms with Crippen LogP contribution in [-0.4, -0.2) is 23.8 Å². The number of hydrogen-bond acceptors (Lipinski definition) is 3. The lowest BCUT2D eigenvalue weighted by atomic mass is 9.74. The van der Waals surface area contributed by atoms with Crippen molar-refractivity contribution in [1.29, 1.82) is 0 Å². The number of ether oxygens (including phenoxy) is 2. The number of Topliss-reactive ketones (excluding diaryl/α,β-unsaturated/α-hetero) is 1. The number of ketones is 1. The summed E-state index contributed by atoms with van der Waals surface area (Å²) in [5.41, 5.74) is 0.348. The second-order valence-electron chi connectivity index (χ2n) is 5.67. The van der Waals surface area contributed by atoms with E-state index in [1.807, 2.05) is 40.7 Å². The van der Waals surface area contributed by atoms with Crippen molar-refractivity contribution < 1.29 is 14.3 Å². The Kier molecular flexibility index (Phi) is 2.52. The average molecular weight is 224 g/mol. The Morgan fingerprint density at radius 3 is 2.19 bits per heavy atom. The Morgan fingerprint density at radius 1 is 1.25 bits per heavy atom. The van der Waals surface area contributed by atoms with Crippen LogP contribution in [0.5, 0.6) is 0 Å². The van der Waals surface area contributed by atoms with Crippen LogP contribution in [0.4, 0.5) is 0 Å². The Bertz CT molecular complexity index is 344. The van der Waals surface area contributed by atoms with Crippen molar-refractivity contribution in [3.63, 3.8) is 0 Å². The molecule has 0 N–H and O–H groups in total. The minimum Gasteiger partial charge on any atom is -0.341 e. The van der Waals surface area contributed by atoms with Gasteiger partial charge in [-0.15, -0.1) is 0 Å². The molecule has 2 rings (SSSR count). The molecule has 2 atom stereocenters. The minimum absolute atomic E-state index is 0.0769. The van der Waals surface area contributed by atoms with Gasteiger partial charge in [-0.25, -0.2) is 0 Å². The van der Waals surface area contributed by atoms with Crippen LogP contribution in [0.15, 0.2) is 11.6 Å². The van der Waals surface area contributed by atoms with Gasteiger partial charge in [-0.05, 0) is 32.4 Å². The van der Waals surface area contributed by atoms with Gasteiger partial charge in [0.2, 0.25) is 0 Å². The molecule has 0 radical (unpaired) electrons. The molecule has 1 fully saturated rings. The topological polar surface area (TPSA) is 35.5 Å². The molecule has 1 aliphatic carbocycles. The molecule has 2 unspecified atom stereocenters. The van der Waals surface area contributed by atoms with Crippen LogP contribution in [0.25, 0.3) is 0 Å². The van der Waals surface area contributed by atoms with Crippen LogP contribution < -0.4 is 0 Å². The standard InChI is InChI=1S/C13H20O3/c1-8-6-13(7-12(4,5)11(8)14)15-9(2)10(3)16-13/h6,9-10H,7H2,1-5H3. The SMILES string of the molecule is CC1=CC2(CC(C)(C)C1=O)OC(C)C(C)O2. The van der Waals surface area contributed by atoms with Gasteiger partial charge in [-0.3, -0.25) is 4.79 Å². The number of allylic oxidation sites excluding steroid dienone is 1. The lowest BCUT2D eigenvalue weighted by Gasteiger charge is -2.38. The normalized spacial score (nSPS) is 42.6. The van der Waals surface area contributed by atoms with Crippen LogP contribution in [0.2, 0.25) is 0 Å². The molecule has 1 heterocycles. The van der Waals surface area contributed by atoms with Gasteiger partial charge in [0, 0.05) is 11.8 Å². The van der Waals surface area contributed by atoms with E-state index in [1.165, 1.54) is 0 Å². The van der Waals surface area contributed by atoms with E-state index in [0.29, 0.717) is 6.42 Å². The number of carbonyl (C=O) groups is 1. The van der Waals surface area contributed by atoms with Gasteiger partial charge in [0.15, 0.2) is 11.6 Å². The summed E-state index contributed by atoms with van der Waals surface area (Å²) >= 11 is 0. The molecule has 0 saturated carbocycles. The quantitative estimate of drug-likeness (QED) is 0.634. The van der Waals surface area contributed by atoms with E-state index < -0.39 is 11.2 Å². The molecular weight excluding hydrogens is 204 g/mol. The molecule has 3 heteroatoms. The first-order valence-corrected chi connectivity index (χ1v) is 5.86. The summed E-state index contributed by atoms with van der Waals surface area (Å²) in [5.74, 6) is -0.488. The van der Waals surface area contributed by atoms with Crippen LogP contribution in [0.1, 0.15) is 41.0 Å². The molecule has 0 aromatic carbocycles. The van der Waals surface area contributed by atoms with E-state index in [-0.39, 0.29) is 18.0 Å². The van der Waals surface area contributed by atoms with Gasteiger partial charge in [-0.2, -0.15) is 0 Å². The van der Waals surface area contributed by atoms with Gasteiger partial charge in [0.25, 0.3) is 0 Å². The molecule has 0 aromatic rings. The summed E-state index contributed by atoms with van der Waals surface area (Å²) in [5, 5.41) is 0. The summed E-state index contributed by atoms with van der Waals surface area (Å²) < 4.78 is 11.8. The highest BCUT2D eigenvalue weighted by molar-refractivity contribution is 6.00. The zero-order valence-corrected chi connectivity index (χ0v) is 10.7. The van der Waals surface area contributed by atoms with Crippen LogP contribution in [0, 0.1) is 5.41 Å². The third-order valence-electron chi connectivity index (χ3n) is 3.53. The monoisotopic (exact) mass is 224 g/mol. The van der Waals surface area contributed by atoms with E-state index >= 15 is 0 Å². The van der Waals surface area contributed by atoms with Crippen molar-refractivity contribution in [2.45, 2.75) is 59.0 Å². The molecule has 3 nitrogen and oxygen atoms in total. The Labute approximate surface area is 96.8 Å². The van der Waals surface area contributed by atoms with Crippen molar-refractivity contribution in [2.24, 2.45) is 5.41 Å². The Hall–Kier alpha value is -0.670. The zero-order chi connectivity index (χ0) is 12.1. The number of carbonyl (C=O) groups excluding carboxylic acids is 1.